The van der Waals surface area contributed by atoms with Gasteiger partial charge in [0.15, 0.2) is 11.5 Å². The maximum atomic E-state index is 12.5. The zero-order chi connectivity index (χ0) is 20.9. The van der Waals surface area contributed by atoms with E-state index in [1.165, 1.54) is 50.6 Å². The number of rotatable bonds is 7. The number of ether oxygens (including phenoxy) is 1. The van der Waals surface area contributed by atoms with Gasteiger partial charge in [-0.15, -0.1) is 0 Å². The smallest absolute Gasteiger partial charge is 0.339 e. The lowest BCUT2D eigenvalue weighted by atomic mass is 10.2. The van der Waals surface area contributed by atoms with E-state index in [-0.39, 0.29) is 22.1 Å². The number of primary amides is 1. The number of hydrazone groups is 1. The number of hydrogen-bond acceptors (Lipinski definition) is 8. The Hall–Kier alpha value is -3.67. The molecule has 148 valence electrons. The molecule has 0 unspecified atom stereocenters. The molecular formula is C16H16N4O7S. The topological polar surface area (TPSA) is 163 Å². The molecular weight excluding hydrogens is 392 g/mol. The van der Waals surface area contributed by atoms with Crippen molar-refractivity contribution in [2.45, 2.75) is 11.8 Å². The molecule has 0 aliphatic heterocycles. The van der Waals surface area contributed by atoms with Gasteiger partial charge < -0.3 is 14.7 Å². The Bertz CT molecular complexity index is 1050. The zero-order valence-electron chi connectivity index (χ0n) is 14.8. The number of nitrogens with one attached hydrogen (secondary N) is 1. The Morgan fingerprint density at radius 3 is 2.57 bits per heavy atom. The second-order valence-electron chi connectivity index (χ2n) is 5.39. The van der Waals surface area contributed by atoms with Gasteiger partial charge in [-0.1, -0.05) is 6.07 Å². The zero-order valence-corrected chi connectivity index (χ0v) is 15.6. The van der Waals surface area contributed by atoms with E-state index < -0.39 is 21.1 Å². The number of methoxy groups -OCH3 is 1. The number of benzene rings is 2. The number of carbonyl (C=O) groups excluding carboxylic acids is 1. The molecule has 0 bridgehead atoms. The molecule has 0 spiro atoms. The first-order valence-electron chi connectivity index (χ1n) is 7.60. The highest BCUT2D eigenvalue weighted by molar-refractivity contribution is 7.87. The molecule has 0 aromatic heterocycles. The summed E-state index contributed by atoms with van der Waals surface area (Å²) in [6, 6.07) is 6.78. The predicted molar refractivity (Wildman–Crippen MR) is 99.0 cm³/mol. The molecule has 2 aromatic rings. The van der Waals surface area contributed by atoms with Gasteiger partial charge in [-0.3, -0.25) is 10.1 Å². The van der Waals surface area contributed by atoms with Crippen molar-refractivity contribution < 1.29 is 27.1 Å². The Kier molecular flexibility index (Phi) is 6.15. The van der Waals surface area contributed by atoms with Gasteiger partial charge >= 0.3 is 16.1 Å². The standard InChI is InChI=1S/C16H16N4O7S/c1-10-3-5-12(8-13(10)20(22)23)28(24,25)27-14-6-4-11(7-15(14)26-2)9-18-19-16(17)21/h3-9H,1-2H3,(H3,17,19,21)/b18-9+. The second kappa shape index (κ2) is 8.35. The summed E-state index contributed by atoms with van der Waals surface area (Å²) in [7, 11) is -3.05. The largest absolute Gasteiger partial charge is 0.493 e. The van der Waals surface area contributed by atoms with Gasteiger partial charge in [0.2, 0.25) is 0 Å². The molecule has 0 radical (unpaired) electrons. The molecule has 0 fully saturated rings. The van der Waals surface area contributed by atoms with E-state index in [1.807, 2.05) is 5.43 Å². The van der Waals surface area contributed by atoms with Crippen molar-refractivity contribution in [3.8, 4) is 11.5 Å². The van der Waals surface area contributed by atoms with Crippen LogP contribution in [0.3, 0.4) is 0 Å². The van der Waals surface area contributed by atoms with Gasteiger partial charge in [0.25, 0.3) is 5.69 Å². The maximum absolute atomic E-state index is 12.5. The molecule has 3 N–H and O–H groups in total. The highest BCUT2D eigenvalue weighted by atomic mass is 32.2. The van der Waals surface area contributed by atoms with E-state index in [9.17, 15) is 23.3 Å². The van der Waals surface area contributed by atoms with Crippen molar-refractivity contribution in [1.29, 1.82) is 0 Å². The summed E-state index contributed by atoms with van der Waals surface area (Å²) in [5.41, 5.74) is 7.32. The van der Waals surface area contributed by atoms with Crippen LogP contribution in [0.2, 0.25) is 0 Å². The third-order valence-electron chi connectivity index (χ3n) is 3.44. The fourth-order valence-electron chi connectivity index (χ4n) is 2.11. The first-order valence-corrected chi connectivity index (χ1v) is 9.01. The van der Waals surface area contributed by atoms with Crippen LogP contribution in [0, 0.1) is 17.0 Å². The number of hydrogen-bond donors (Lipinski definition) is 2. The summed E-state index contributed by atoms with van der Waals surface area (Å²) in [6.45, 7) is 1.49. The normalized spacial score (nSPS) is 11.2. The van der Waals surface area contributed by atoms with Gasteiger partial charge in [-0.2, -0.15) is 13.5 Å². The minimum Gasteiger partial charge on any atom is -0.493 e. The minimum absolute atomic E-state index is 0.0632. The van der Waals surface area contributed by atoms with Crippen LogP contribution < -0.4 is 20.1 Å². The predicted octanol–water partition coefficient (Wildman–Crippen LogP) is 1.68. The Morgan fingerprint density at radius 2 is 1.96 bits per heavy atom. The summed E-state index contributed by atoms with van der Waals surface area (Å²) >= 11 is 0. The number of aryl methyl sites for hydroxylation is 1. The van der Waals surface area contributed by atoms with E-state index >= 15 is 0 Å². The lowest BCUT2D eigenvalue weighted by molar-refractivity contribution is -0.385. The summed E-state index contributed by atoms with van der Waals surface area (Å²) in [4.78, 5) is 20.6. The summed E-state index contributed by atoms with van der Waals surface area (Å²) in [5.74, 6) is -0.0704. The SMILES string of the molecule is COc1cc(/C=N/NC(N)=O)ccc1OS(=O)(=O)c1ccc(C)c([N+](=O)[O-])c1. The van der Waals surface area contributed by atoms with Crippen LogP contribution in [0.25, 0.3) is 0 Å². The molecule has 28 heavy (non-hydrogen) atoms. The van der Waals surface area contributed by atoms with E-state index in [4.69, 9.17) is 14.7 Å². The highest BCUT2D eigenvalue weighted by Gasteiger charge is 2.23. The maximum Gasteiger partial charge on any atom is 0.339 e. The third-order valence-corrected chi connectivity index (χ3v) is 4.67. The fraction of sp³-hybridized carbons (Fsp3) is 0.125. The van der Waals surface area contributed by atoms with Gasteiger partial charge in [0, 0.05) is 11.6 Å². The number of carbonyl (C=O) groups is 1. The van der Waals surface area contributed by atoms with Gasteiger partial charge in [0.1, 0.15) is 4.90 Å². The Labute approximate surface area is 160 Å². The van der Waals surface area contributed by atoms with E-state index in [1.54, 1.807) is 0 Å². The molecule has 0 heterocycles. The van der Waals surface area contributed by atoms with Crippen LogP contribution in [0.1, 0.15) is 11.1 Å². The molecule has 0 saturated heterocycles. The molecule has 0 aliphatic carbocycles. The molecule has 0 atom stereocenters. The van der Waals surface area contributed by atoms with Crippen LogP contribution in [-0.2, 0) is 10.1 Å². The Balaban J connectivity index is 2.33. The number of nitrogens with zero attached hydrogens (tertiary/aromatic N) is 2. The fourth-order valence-corrected chi connectivity index (χ4v) is 3.07. The van der Waals surface area contributed by atoms with E-state index in [0.717, 1.165) is 6.07 Å². The monoisotopic (exact) mass is 408 g/mol. The minimum atomic E-state index is -4.35. The lowest BCUT2D eigenvalue weighted by Gasteiger charge is -2.11. The quantitative estimate of drug-likeness (QED) is 0.304. The van der Waals surface area contributed by atoms with Crippen molar-refractivity contribution in [1.82, 2.24) is 5.43 Å². The van der Waals surface area contributed by atoms with Gasteiger partial charge in [-0.25, -0.2) is 10.2 Å². The van der Waals surface area contributed by atoms with Crippen LogP contribution in [-0.4, -0.2) is 32.7 Å². The molecule has 2 amide bonds. The van der Waals surface area contributed by atoms with Crippen LogP contribution in [0.5, 0.6) is 11.5 Å². The average molecular weight is 408 g/mol. The van der Waals surface area contributed by atoms with E-state index in [0.29, 0.717) is 11.1 Å². The molecule has 11 nitrogen and oxygen atoms in total. The lowest BCUT2D eigenvalue weighted by Crippen LogP contribution is -2.24. The van der Waals surface area contributed by atoms with Crippen LogP contribution in [0.15, 0.2) is 46.4 Å². The first-order chi connectivity index (χ1) is 13.1. The Morgan fingerprint density at radius 1 is 1.25 bits per heavy atom. The van der Waals surface area contributed by atoms with E-state index in [2.05, 4.69) is 5.10 Å². The van der Waals surface area contributed by atoms with Crippen molar-refractivity contribution in [2.75, 3.05) is 7.11 Å². The van der Waals surface area contributed by atoms with Crippen LogP contribution >= 0.6 is 0 Å². The number of nitrogens with two attached hydrogens (primary N) is 1. The second-order valence-corrected chi connectivity index (χ2v) is 6.93. The van der Waals surface area contributed by atoms with Crippen molar-refractivity contribution in [2.24, 2.45) is 10.8 Å². The number of amides is 2. The third kappa shape index (κ3) is 4.94. The number of nitro benzene ring substituents is 1. The van der Waals surface area contributed by atoms with Crippen molar-refractivity contribution in [3.05, 3.63) is 57.6 Å². The number of nitro groups is 1. The van der Waals surface area contributed by atoms with Crippen molar-refractivity contribution in [3.63, 3.8) is 0 Å². The first kappa shape index (κ1) is 20.6. The molecule has 0 aliphatic rings. The summed E-state index contributed by atoms with van der Waals surface area (Å²) < 4.78 is 35.2. The van der Waals surface area contributed by atoms with Crippen LogP contribution in [0.4, 0.5) is 10.5 Å². The molecule has 2 aromatic carbocycles. The highest BCUT2D eigenvalue weighted by Crippen LogP contribution is 2.31. The molecule has 12 heteroatoms. The number of urea groups is 1. The van der Waals surface area contributed by atoms with Gasteiger partial charge in [0.05, 0.1) is 18.2 Å². The van der Waals surface area contributed by atoms with Crippen molar-refractivity contribution >= 4 is 28.1 Å². The molecule has 0 saturated carbocycles. The summed E-state index contributed by atoms with van der Waals surface area (Å²) in [5, 5.41) is 14.6. The van der Waals surface area contributed by atoms with Gasteiger partial charge in [-0.05, 0) is 36.8 Å². The average Bonchev–Trinajstić information content (AvgIpc) is 2.62. The summed E-state index contributed by atoms with van der Waals surface area (Å²) in [6.07, 6.45) is 1.26. The molecule has 2 rings (SSSR count).